The van der Waals surface area contributed by atoms with E-state index < -0.39 is 0 Å². The Bertz CT molecular complexity index is 853. The van der Waals surface area contributed by atoms with Crippen molar-refractivity contribution in [1.29, 1.82) is 5.26 Å². The molecule has 5 nitrogen and oxygen atoms in total. The number of nitrogens with one attached hydrogen (secondary N) is 2. The molecule has 1 unspecified atom stereocenters. The number of hydrogen-bond acceptors (Lipinski definition) is 4. The Balaban J connectivity index is 2.13. The van der Waals surface area contributed by atoms with E-state index in [4.69, 9.17) is 5.26 Å². The predicted octanol–water partition coefficient (Wildman–Crippen LogP) is 4.36. The number of carbonyl (C=O) groups excluding carboxylic acids is 2. The lowest BCUT2D eigenvalue weighted by atomic mass is 10.1. The van der Waals surface area contributed by atoms with Crippen LogP contribution < -0.4 is 10.6 Å². The molecule has 2 rings (SSSR count). The minimum Gasteiger partial charge on any atom is -0.380 e. The molecule has 0 aliphatic carbocycles. The summed E-state index contributed by atoms with van der Waals surface area (Å²) in [4.78, 5) is 23.8. The molecule has 2 N–H and O–H groups in total. The van der Waals surface area contributed by atoms with Crippen LogP contribution in [-0.4, -0.2) is 11.7 Å². The van der Waals surface area contributed by atoms with E-state index >= 15 is 0 Å². The zero-order valence-corrected chi connectivity index (χ0v) is 15.3. The SMILES string of the molecule is CCC(C)C(=O)Nc1cccc(CNc2cc(C#N)ccc2C(C)=O)c1. The average molecular weight is 349 g/mol. The Morgan fingerprint density at radius 3 is 2.62 bits per heavy atom. The van der Waals surface area contributed by atoms with Crippen molar-refractivity contribution in [2.45, 2.75) is 33.7 Å². The maximum Gasteiger partial charge on any atom is 0.227 e. The van der Waals surface area contributed by atoms with E-state index in [1.807, 2.05) is 38.1 Å². The summed E-state index contributed by atoms with van der Waals surface area (Å²) in [5, 5.41) is 15.2. The van der Waals surface area contributed by atoms with Gasteiger partial charge in [-0.2, -0.15) is 5.26 Å². The molecular weight excluding hydrogens is 326 g/mol. The van der Waals surface area contributed by atoms with Crippen molar-refractivity contribution in [2.75, 3.05) is 10.6 Å². The largest absolute Gasteiger partial charge is 0.380 e. The predicted molar refractivity (Wildman–Crippen MR) is 103 cm³/mol. The molecule has 0 spiro atoms. The Kier molecular flexibility index (Phi) is 6.51. The van der Waals surface area contributed by atoms with Crippen LogP contribution in [0.5, 0.6) is 0 Å². The second kappa shape index (κ2) is 8.82. The van der Waals surface area contributed by atoms with Gasteiger partial charge in [-0.25, -0.2) is 0 Å². The average Bonchev–Trinajstić information content (AvgIpc) is 2.65. The van der Waals surface area contributed by atoms with Crippen LogP contribution >= 0.6 is 0 Å². The van der Waals surface area contributed by atoms with Crippen LogP contribution in [0.4, 0.5) is 11.4 Å². The highest BCUT2D eigenvalue weighted by atomic mass is 16.1. The number of Topliss-reactive ketones (excluding diaryl/α,β-unsaturated/α-hetero) is 1. The van der Waals surface area contributed by atoms with E-state index in [1.54, 1.807) is 18.2 Å². The van der Waals surface area contributed by atoms with Gasteiger partial charge >= 0.3 is 0 Å². The van der Waals surface area contributed by atoms with Gasteiger partial charge in [-0.1, -0.05) is 26.0 Å². The summed E-state index contributed by atoms with van der Waals surface area (Å²) in [6, 6.07) is 14.6. The molecule has 0 fully saturated rings. The molecule has 26 heavy (non-hydrogen) atoms. The standard InChI is InChI=1S/C21H23N3O2/c1-4-14(2)21(26)24-18-7-5-6-17(10-18)13-23-20-11-16(12-22)8-9-19(20)15(3)25/h5-11,14,23H,4,13H2,1-3H3,(H,24,26). The monoisotopic (exact) mass is 349 g/mol. The van der Waals surface area contributed by atoms with Crippen molar-refractivity contribution < 1.29 is 9.59 Å². The van der Waals surface area contributed by atoms with Crippen molar-refractivity contribution in [3.63, 3.8) is 0 Å². The first kappa shape index (κ1) is 19.2. The summed E-state index contributed by atoms with van der Waals surface area (Å²) >= 11 is 0. The number of amides is 1. The summed E-state index contributed by atoms with van der Waals surface area (Å²) in [6.45, 7) is 5.85. The van der Waals surface area contributed by atoms with Crippen LogP contribution in [0, 0.1) is 17.2 Å². The van der Waals surface area contributed by atoms with Crippen molar-refractivity contribution in [2.24, 2.45) is 5.92 Å². The molecule has 134 valence electrons. The number of anilines is 2. The van der Waals surface area contributed by atoms with E-state index in [9.17, 15) is 9.59 Å². The Morgan fingerprint density at radius 1 is 1.19 bits per heavy atom. The number of nitriles is 1. The third-order valence-corrected chi connectivity index (χ3v) is 4.27. The lowest BCUT2D eigenvalue weighted by Crippen LogP contribution is -2.19. The van der Waals surface area contributed by atoms with Gasteiger partial charge in [-0.15, -0.1) is 0 Å². The normalized spacial score (nSPS) is 11.3. The van der Waals surface area contributed by atoms with Crippen LogP contribution in [0.2, 0.25) is 0 Å². The van der Waals surface area contributed by atoms with Crippen LogP contribution in [0.15, 0.2) is 42.5 Å². The first-order valence-electron chi connectivity index (χ1n) is 8.63. The highest BCUT2D eigenvalue weighted by molar-refractivity contribution is 5.99. The highest BCUT2D eigenvalue weighted by Gasteiger charge is 2.11. The van der Waals surface area contributed by atoms with Crippen LogP contribution in [0.3, 0.4) is 0 Å². The molecule has 5 heteroatoms. The Hall–Kier alpha value is -3.13. The van der Waals surface area contributed by atoms with E-state index in [2.05, 4.69) is 16.7 Å². The second-order valence-corrected chi connectivity index (χ2v) is 6.28. The number of carbonyl (C=O) groups is 2. The summed E-state index contributed by atoms with van der Waals surface area (Å²) in [5.74, 6) is -0.103. The topological polar surface area (TPSA) is 82.0 Å². The van der Waals surface area contributed by atoms with E-state index in [0.29, 0.717) is 23.4 Å². The highest BCUT2D eigenvalue weighted by Crippen LogP contribution is 2.20. The summed E-state index contributed by atoms with van der Waals surface area (Å²) < 4.78 is 0. The third kappa shape index (κ3) is 4.93. The molecule has 0 radical (unpaired) electrons. The maximum atomic E-state index is 12.0. The van der Waals surface area contributed by atoms with Gasteiger partial charge in [0, 0.05) is 29.4 Å². The third-order valence-electron chi connectivity index (χ3n) is 4.27. The zero-order valence-electron chi connectivity index (χ0n) is 15.3. The van der Waals surface area contributed by atoms with E-state index in [1.165, 1.54) is 6.92 Å². The smallest absolute Gasteiger partial charge is 0.227 e. The molecule has 0 saturated carbocycles. The quantitative estimate of drug-likeness (QED) is 0.728. The van der Waals surface area contributed by atoms with Crippen LogP contribution in [0.25, 0.3) is 0 Å². The van der Waals surface area contributed by atoms with Gasteiger partial charge in [0.1, 0.15) is 0 Å². The van der Waals surface area contributed by atoms with Gasteiger partial charge in [0.25, 0.3) is 0 Å². The second-order valence-electron chi connectivity index (χ2n) is 6.28. The number of rotatable bonds is 7. The minimum absolute atomic E-state index is 0.00167. The van der Waals surface area contributed by atoms with Crippen molar-refractivity contribution >= 4 is 23.1 Å². The Morgan fingerprint density at radius 2 is 1.96 bits per heavy atom. The summed E-state index contributed by atoms with van der Waals surface area (Å²) in [5.41, 5.74) is 3.37. The molecular formula is C21H23N3O2. The van der Waals surface area contributed by atoms with Gasteiger partial charge in [-0.05, 0) is 49.2 Å². The van der Waals surface area contributed by atoms with E-state index in [-0.39, 0.29) is 17.6 Å². The molecule has 0 aromatic heterocycles. The van der Waals surface area contributed by atoms with E-state index in [0.717, 1.165) is 17.7 Å². The molecule has 0 saturated heterocycles. The van der Waals surface area contributed by atoms with Gasteiger partial charge in [0.2, 0.25) is 5.91 Å². The fourth-order valence-electron chi connectivity index (χ4n) is 2.47. The molecule has 0 aliphatic rings. The molecule has 0 aliphatic heterocycles. The summed E-state index contributed by atoms with van der Waals surface area (Å²) in [6.07, 6.45) is 0.788. The van der Waals surface area contributed by atoms with Crippen molar-refractivity contribution in [3.8, 4) is 6.07 Å². The number of ketones is 1. The number of benzene rings is 2. The first-order valence-corrected chi connectivity index (χ1v) is 8.63. The Labute approximate surface area is 154 Å². The molecule has 2 aromatic rings. The molecule has 2 aromatic carbocycles. The van der Waals surface area contributed by atoms with Crippen molar-refractivity contribution in [3.05, 3.63) is 59.2 Å². The van der Waals surface area contributed by atoms with Gasteiger partial charge < -0.3 is 10.6 Å². The zero-order chi connectivity index (χ0) is 19.1. The lowest BCUT2D eigenvalue weighted by Gasteiger charge is -2.13. The lowest BCUT2D eigenvalue weighted by molar-refractivity contribution is -0.119. The minimum atomic E-state index is -0.0634. The maximum absolute atomic E-state index is 12.0. The van der Waals surface area contributed by atoms with Gasteiger partial charge in [0.15, 0.2) is 5.78 Å². The molecule has 0 heterocycles. The number of nitrogens with zero attached hydrogens (tertiary/aromatic N) is 1. The van der Waals surface area contributed by atoms with Crippen molar-refractivity contribution in [1.82, 2.24) is 0 Å². The fraction of sp³-hybridized carbons (Fsp3) is 0.286. The molecule has 1 atom stereocenters. The van der Waals surface area contributed by atoms with Gasteiger partial charge in [-0.3, -0.25) is 9.59 Å². The van der Waals surface area contributed by atoms with Gasteiger partial charge in [0.05, 0.1) is 11.6 Å². The molecule has 0 bridgehead atoms. The van der Waals surface area contributed by atoms with Crippen LogP contribution in [0.1, 0.15) is 48.7 Å². The molecule has 1 amide bonds. The number of hydrogen-bond donors (Lipinski definition) is 2. The summed E-state index contributed by atoms with van der Waals surface area (Å²) in [7, 11) is 0. The fourth-order valence-corrected chi connectivity index (χ4v) is 2.47. The van der Waals surface area contributed by atoms with Crippen LogP contribution in [-0.2, 0) is 11.3 Å². The first-order chi connectivity index (χ1) is 12.4.